The fourth-order valence-corrected chi connectivity index (χ4v) is 6.46. The molecule has 1 amide bonds. The van der Waals surface area contributed by atoms with Gasteiger partial charge in [0, 0.05) is 61.7 Å². The lowest BCUT2D eigenvalue weighted by atomic mass is 9.78. The van der Waals surface area contributed by atoms with Crippen molar-refractivity contribution >= 4 is 27.5 Å². The zero-order valence-corrected chi connectivity index (χ0v) is 20.2. The van der Waals surface area contributed by atoms with Gasteiger partial charge < -0.3 is 5.32 Å². The number of hydrogen-bond acceptors (Lipinski definition) is 4. The number of halogens is 3. The third-order valence-electron chi connectivity index (χ3n) is 6.69. The number of aryl methyl sites for hydroxylation is 1. The summed E-state index contributed by atoms with van der Waals surface area (Å²) >= 11 is 5.98. The van der Waals surface area contributed by atoms with Crippen molar-refractivity contribution in [1.82, 2.24) is 14.5 Å². The fourth-order valence-electron chi connectivity index (χ4n) is 4.74. The van der Waals surface area contributed by atoms with Crippen molar-refractivity contribution in [2.45, 2.75) is 57.4 Å². The SMILES string of the molecule is CCCS(=O)(=O)N1CCN(C2(CNC(=O)c3ccc(Cl)cc3C)CCC(F)(F)CC2)CC1. The van der Waals surface area contributed by atoms with E-state index >= 15 is 0 Å². The lowest BCUT2D eigenvalue weighted by Gasteiger charge is -2.50. The molecular formula is C22H32ClF2N3O3S. The second-order valence-electron chi connectivity index (χ2n) is 8.92. The molecule has 6 nitrogen and oxygen atoms in total. The molecular weight excluding hydrogens is 460 g/mol. The van der Waals surface area contributed by atoms with E-state index in [0.717, 1.165) is 5.56 Å². The van der Waals surface area contributed by atoms with Gasteiger partial charge in [-0.25, -0.2) is 17.2 Å². The Morgan fingerprint density at radius 3 is 2.31 bits per heavy atom. The number of alkyl halides is 2. The Kier molecular flexibility index (Phi) is 7.85. The summed E-state index contributed by atoms with van der Waals surface area (Å²) in [6, 6.07) is 5.02. The maximum absolute atomic E-state index is 14.0. The van der Waals surface area contributed by atoms with Crippen LogP contribution in [0.2, 0.25) is 5.02 Å². The first kappa shape index (κ1) is 25.3. The lowest BCUT2D eigenvalue weighted by molar-refractivity contribution is -0.0856. The molecule has 0 aromatic heterocycles. The molecule has 0 atom stereocenters. The van der Waals surface area contributed by atoms with Gasteiger partial charge in [0.1, 0.15) is 0 Å². The monoisotopic (exact) mass is 491 g/mol. The third-order valence-corrected chi connectivity index (χ3v) is 9.00. The average molecular weight is 492 g/mol. The molecule has 10 heteroatoms. The number of rotatable bonds is 7. The normalized spacial score (nSPS) is 21.9. The van der Waals surface area contributed by atoms with Gasteiger partial charge in [0.2, 0.25) is 15.9 Å². The van der Waals surface area contributed by atoms with Gasteiger partial charge in [-0.3, -0.25) is 9.69 Å². The van der Waals surface area contributed by atoms with E-state index in [4.69, 9.17) is 11.6 Å². The van der Waals surface area contributed by atoms with Crippen LogP contribution in [-0.4, -0.2) is 73.5 Å². The summed E-state index contributed by atoms with van der Waals surface area (Å²) in [6.45, 7) is 5.47. The van der Waals surface area contributed by atoms with E-state index in [2.05, 4.69) is 10.2 Å². The van der Waals surface area contributed by atoms with E-state index in [0.29, 0.717) is 43.2 Å². The molecule has 2 fully saturated rings. The number of nitrogens with one attached hydrogen (secondary N) is 1. The summed E-state index contributed by atoms with van der Waals surface area (Å²) in [5.41, 5.74) is 0.633. The Bertz CT molecular complexity index is 924. The van der Waals surface area contributed by atoms with E-state index in [1.165, 1.54) is 4.31 Å². The Morgan fingerprint density at radius 2 is 1.75 bits per heavy atom. The predicted molar refractivity (Wildman–Crippen MR) is 122 cm³/mol. The molecule has 0 spiro atoms. The summed E-state index contributed by atoms with van der Waals surface area (Å²) in [5.74, 6) is -2.85. The van der Waals surface area contributed by atoms with E-state index < -0.39 is 21.5 Å². The highest BCUT2D eigenvalue weighted by atomic mass is 35.5. The van der Waals surface area contributed by atoms with Gasteiger partial charge in [0.05, 0.1) is 5.75 Å². The highest BCUT2D eigenvalue weighted by Gasteiger charge is 2.47. The number of amides is 1. The molecule has 0 unspecified atom stereocenters. The molecule has 1 heterocycles. The molecule has 1 aliphatic heterocycles. The summed E-state index contributed by atoms with van der Waals surface area (Å²) in [4.78, 5) is 14.9. The number of nitrogens with zero attached hydrogens (tertiary/aromatic N) is 2. The Balaban J connectivity index is 1.72. The van der Waals surface area contributed by atoms with Crippen LogP contribution in [0.5, 0.6) is 0 Å². The molecule has 180 valence electrons. The van der Waals surface area contributed by atoms with Crippen LogP contribution in [0, 0.1) is 6.92 Å². The van der Waals surface area contributed by atoms with Crippen molar-refractivity contribution in [2.24, 2.45) is 0 Å². The van der Waals surface area contributed by atoms with Gasteiger partial charge >= 0.3 is 0 Å². The zero-order chi connectivity index (χ0) is 23.6. The van der Waals surface area contributed by atoms with Crippen LogP contribution in [0.4, 0.5) is 8.78 Å². The molecule has 1 aromatic carbocycles. The highest BCUT2D eigenvalue weighted by molar-refractivity contribution is 7.89. The van der Waals surface area contributed by atoms with Gasteiger partial charge in [-0.2, -0.15) is 4.31 Å². The van der Waals surface area contributed by atoms with Crippen molar-refractivity contribution in [1.29, 1.82) is 0 Å². The highest BCUT2D eigenvalue weighted by Crippen LogP contribution is 2.42. The number of carbonyl (C=O) groups excluding carboxylic acids is 1. The van der Waals surface area contributed by atoms with E-state index in [1.54, 1.807) is 25.1 Å². The van der Waals surface area contributed by atoms with Gasteiger partial charge in [0.25, 0.3) is 5.91 Å². The predicted octanol–water partition coefficient (Wildman–Crippen LogP) is 3.68. The molecule has 0 bridgehead atoms. The first-order valence-corrected chi connectivity index (χ1v) is 13.1. The smallest absolute Gasteiger partial charge is 0.251 e. The molecule has 2 aliphatic rings. The summed E-state index contributed by atoms with van der Waals surface area (Å²) in [6.07, 6.45) is 0.579. The minimum atomic E-state index is -3.29. The fraction of sp³-hybridized carbons (Fsp3) is 0.682. The second kappa shape index (κ2) is 9.91. The van der Waals surface area contributed by atoms with E-state index in [1.807, 2.05) is 6.92 Å². The number of hydrogen-bond donors (Lipinski definition) is 1. The molecule has 1 N–H and O–H groups in total. The quantitative estimate of drug-likeness (QED) is 0.631. The Labute approximate surface area is 194 Å². The van der Waals surface area contributed by atoms with Crippen LogP contribution >= 0.6 is 11.6 Å². The van der Waals surface area contributed by atoms with Crippen LogP contribution in [0.1, 0.15) is 54.9 Å². The Hall–Kier alpha value is -1.29. The molecule has 1 aliphatic carbocycles. The molecule has 1 saturated carbocycles. The van der Waals surface area contributed by atoms with Crippen LogP contribution < -0.4 is 5.32 Å². The van der Waals surface area contributed by atoms with Gasteiger partial charge in [-0.15, -0.1) is 0 Å². The van der Waals surface area contributed by atoms with Crippen LogP contribution in [0.15, 0.2) is 18.2 Å². The van der Waals surface area contributed by atoms with Crippen LogP contribution in [-0.2, 0) is 10.0 Å². The van der Waals surface area contributed by atoms with Crippen LogP contribution in [0.25, 0.3) is 0 Å². The molecule has 1 aromatic rings. The van der Waals surface area contributed by atoms with Gasteiger partial charge in [0.15, 0.2) is 0 Å². The third kappa shape index (κ3) is 5.79. The number of sulfonamides is 1. The average Bonchev–Trinajstić information content (AvgIpc) is 2.73. The first-order chi connectivity index (χ1) is 15.0. The van der Waals surface area contributed by atoms with Crippen molar-refractivity contribution in [3.05, 3.63) is 34.3 Å². The Morgan fingerprint density at radius 1 is 1.12 bits per heavy atom. The van der Waals surface area contributed by atoms with Crippen molar-refractivity contribution in [2.75, 3.05) is 38.5 Å². The first-order valence-electron chi connectivity index (χ1n) is 11.1. The minimum Gasteiger partial charge on any atom is -0.350 e. The maximum atomic E-state index is 14.0. The summed E-state index contributed by atoms with van der Waals surface area (Å²) < 4.78 is 54.2. The minimum absolute atomic E-state index is 0.112. The molecule has 1 saturated heterocycles. The lowest BCUT2D eigenvalue weighted by Crippen LogP contribution is -2.63. The topological polar surface area (TPSA) is 69.7 Å². The number of piperazine rings is 1. The molecule has 0 radical (unpaired) electrons. The van der Waals surface area contributed by atoms with E-state index in [-0.39, 0.29) is 43.9 Å². The van der Waals surface area contributed by atoms with E-state index in [9.17, 15) is 22.0 Å². The van der Waals surface area contributed by atoms with Crippen molar-refractivity contribution in [3.63, 3.8) is 0 Å². The van der Waals surface area contributed by atoms with Crippen LogP contribution in [0.3, 0.4) is 0 Å². The summed E-state index contributed by atoms with van der Waals surface area (Å²) in [7, 11) is -3.29. The molecule has 3 rings (SSSR count). The van der Waals surface area contributed by atoms with Gasteiger partial charge in [-0.1, -0.05) is 18.5 Å². The van der Waals surface area contributed by atoms with Gasteiger partial charge in [-0.05, 0) is 49.9 Å². The van der Waals surface area contributed by atoms with Crippen molar-refractivity contribution in [3.8, 4) is 0 Å². The number of benzene rings is 1. The summed E-state index contributed by atoms with van der Waals surface area (Å²) in [5, 5.41) is 3.50. The zero-order valence-electron chi connectivity index (χ0n) is 18.7. The maximum Gasteiger partial charge on any atom is 0.251 e. The number of carbonyl (C=O) groups is 1. The standard InChI is InChI=1S/C22H32ClF2N3O3S/c1-3-14-32(30,31)28-12-10-27(11-13-28)21(6-8-22(24,25)9-7-21)16-26-20(29)19-5-4-18(23)15-17(19)2/h4-5,15H,3,6-14,16H2,1-2H3,(H,26,29). The largest absolute Gasteiger partial charge is 0.350 e. The molecule has 32 heavy (non-hydrogen) atoms. The second-order valence-corrected chi connectivity index (χ2v) is 11.4. The van der Waals surface area contributed by atoms with Crippen molar-refractivity contribution < 1.29 is 22.0 Å².